The van der Waals surface area contributed by atoms with Gasteiger partial charge in [-0.05, 0) is 18.9 Å². The first-order chi connectivity index (χ1) is 13.0. The van der Waals surface area contributed by atoms with Crippen LogP contribution in [0.15, 0.2) is 46.9 Å². The van der Waals surface area contributed by atoms with Gasteiger partial charge in [0.05, 0.1) is 25.2 Å². The molecule has 27 heavy (non-hydrogen) atoms. The van der Waals surface area contributed by atoms with Gasteiger partial charge in [-0.3, -0.25) is 0 Å². The molecule has 0 aliphatic rings. The number of rotatable bonds is 5. The van der Waals surface area contributed by atoms with E-state index in [1.165, 1.54) is 0 Å². The molecule has 6 nitrogen and oxygen atoms in total. The van der Waals surface area contributed by atoms with Gasteiger partial charge < -0.3 is 9.52 Å². The maximum Gasteiger partial charge on any atom is 0.247 e. The molecular weight excluding hydrogens is 364 g/mol. The average molecular weight is 379 g/mol. The summed E-state index contributed by atoms with van der Waals surface area (Å²) in [7, 11) is 0. The Morgan fingerprint density at radius 3 is 2.44 bits per heavy atom. The van der Waals surface area contributed by atoms with E-state index < -0.39 is 12.0 Å². The zero-order chi connectivity index (χ0) is 19.4. The Bertz CT molecular complexity index is 1030. The topological polar surface area (TPSA) is 67.9 Å². The third-order valence-corrected chi connectivity index (χ3v) is 4.47. The second-order valence-electron chi connectivity index (χ2n) is 6.05. The summed E-state index contributed by atoms with van der Waals surface area (Å²) < 4.78 is 5.77. The fraction of sp³-hybridized carbons (Fsp3) is 0.200. The molecule has 2 atom stereocenters. The highest BCUT2D eigenvalue weighted by Gasteiger charge is 2.25. The Kier molecular flexibility index (Phi) is 5.52. The number of halogens is 1. The lowest BCUT2D eigenvalue weighted by Crippen LogP contribution is -2.17. The Morgan fingerprint density at radius 1 is 1.11 bits per heavy atom. The van der Waals surface area contributed by atoms with Crippen LogP contribution in [0.5, 0.6) is 0 Å². The largest absolute Gasteiger partial charge is 0.420 e. The van der Waals surface area contributed by atoms with Crippen LogP contribution in [0.4, 0.5) is 11.4 Å². The van der Waals surface area contributed by atoms with Gasteiger partial charge in [0, 0.05) is 10.6 Å². The van der Waals surface area contributed by atoms with Crippen LogP contribution in [-0.4, -0.2) is 21.4 Å². The summed E-state index contributed by atoms with van der Waals surface area (Å²) in [5.41, 5.74) is 2.48. The molecule has 0 radical (unpaired) electrons. The van der Waals surface area contributed by atoms with Crippen LogP contribution in [0.2, 0.25) is 5.02 Å². The van der Waals surface area contributed by atoms with Crippen molar-refractivity contribution in [3.8, 4) is 11.5 Å². The highest BCUT2D eigenvalue weighted by atomic mass is 35.5. The molecule has 1 N–H and O–H groups in total. The molecular formula is C20H15ClN4O2. The third-order valence-electron chi connectivity index (χ3n) is 4.17. The second kappa shape index (κ2) is 8.01. The van der Waals surface area contributed by atoms with Crippen LogP contribution in [-0.2, 0) is 6.42 Å². The van der Waals surface area contributed by atoms with Crippen molar-refractivity contribution in [2.45, 2.75) is 25.4 Å². The predicted molar refractivity (Wildman–Crippen MR) is 102 cm³/mol. The van der Waals surface area contributed by atoms with Crippen molar-refractivity contribution in [3.05, 3.63) is 81.8 Å². The molecule has 3 aromatic rings. The van der Waals surface area contributed by atoms with Crippen molar-refractivity contribution in [3.63, 3.8) is 0 Å². The van der Waals surface area contributed by atoms with E-state index >= 15 is 0 Å². The fourth-order valence-corrected chi connectivity index (χ4v) is 2.91. The highest BCUT2D eigenvalue weighted by Crippen LogP contribution is 2.31. The quantitative estimate of drug-likeness (QED) is 0.619. The number of hydrogen-bond acceptors (Lipinski definition) is 4. The van der Waals surface area contributed by atoms with Crippen molar-refractivity contribution in [2.75, 3.05) is 0 Å². The Labute approximate surface area is 161 Å². The van der Waals surface area contributed by atoms with E-state index in [0.29, 0.717) is 40.2 Å². The zero-order valence-corrected chi connectivity index (χ0v) is 15.2. The lowest BCUT2D eigenvalue weighted by atomic mass is 9.94. The minimum Gasteiger partial charge on any atom is -0.420 e. The summed E-state index contributed by atoms with van der Waals surface area (Å²) in [5.74, 6) is 0.233. The summed E-state index contributed by atoms with van der Waals surface area (Å²) in [4.78, 5) is 6.69. The van der Waals surface area contributed by atoms with E-state index in [9.17, 15) is 5.11 Å². The van der Waals surface area contributed by atoms with E-state index in [4.69, 9.17) is 29.2 Å². The van der Waals surface area contributed by atoms with Gasteiger partial charge in [-0.25, -0.2) is 9.69 Å². The summed E-state index contributed by atoms with van der Waals surface area (Å²) in [5, 5.41) is 18.7. The molecule has 2 aromatic carbocycles. The van der Waals surface area contributed by atoms with Crippen molar-refractivity contribution >= 4 is 23.0 Å². The number of benzene rings is 2. The first kappa shape index (κ1) is 18.6. The second-order valence-corrected chi connectivity index (χ2v) is 6.46. The molecule has 0 aliphatic heterocycles. The molecule has 1 aromatic heterocycles. The van der Waals surface area contributed by atoms with Crippen molar-refractivity contribution in [2.24, 2.45) is 0 Å². The third kappa shape index (κ3) is 4.15. The lowest BCUT2D eigenvalue weighted by molar-refractivity contribution is 0.148. The minimum atomic E-state index is -0.720. The normalized spacial score (nSPS) is 12.8. The summed E-state index contributed by atoms with van der Waals surface area (Å²) >= 11 is 6.10. The summed E-state index contributed by atoms with van der Waals surface area (Å²) in [6, 6.07) is 12.0. The number of aliphatic hydroxyl groups excluding tert-OH is 1. The smallest absolute Gasteiger partial charge is 0.247 e. The molecule has 0 aliphatic carbocycles. The first-order valence-corrected chi connectivity index (χ1v) is 8.55. The number of aliphatic hydroxyl groups is 1. The molecule has 0 bridgehead atoms. The predicted octanol–water partition coefficient (Wildman–Crippen LogP) is 5.20. The maximum atomic E-state index is 10.2. The van der Waals surface area contributed by atoms with Crippen LogP contribution in [0.25, 0.3) is 21.1 Å². The van der Waals surface area contributed by atoms with Crippen LogP contribution >= 0.6 is 11.6 Å². The van der Waals surface area contributed by atoms with Gasteiger partial charge in [0.2, 0.25) is 17.5 Å². The first-order valence-electron chi connectivity index (χ1n) is 8.17. The van der Waals surface area contributed by atoms with E-state index in [0.717, 1.165) is 5.56 Å². The zero-order valence-electron chi connectivity index (χ0n) is 14.4. The standard InChI is InChI=1S/C20H15ClN4O2/c1-12(26)16(10-13-4-9-18(23-3)17(21)11-13)20-25-24-19(27-20)14-5-7-15(22-2)8-6-14/h4-9,11-12,16,26H,10H2,1H3/t12-,16+/m0/s1. The van der Waals surface area contributed by atoms with E-state index in [2.05, 4.69) is 19.9 Å². The molecule has 134 valence electrons. The number of hydrogen-bond donors (Lipinski definition) is 1. The van der Waals surface area contributed by atoms with Crippen molar-refractivity contribution < 1.29 is 9.52 Å². The van der Waals surface area contributed by atoms with Crippen molar-refractivity contribution in [1.29, 1.82) is 0 Å². The lowest BCUT2D eigenvalue weighted by Gasteiger charge is -2.16. The maximum absolute atomic E-state index is 10.2. The van der Waals surface area contributed by atoms with Crippen LogP contribution in [0.1, 0.15) is 24.3 Å². The Morgan fingerprint density at radius 2 is 1.85 bits per heavy atom. The van der Waals surface area contributed by atoms with Gasteiger partial charge in [-0.2, -0.15) is 0 Å². The molecule has 0 saturated carbocycles. The Hall–Kier alpha value is -3.19. The monoisotopic (exact) mass is 378 g/mol. The van der Waals surface area contributed by atoms with Gasteiger partial charge >= 0.3 is 0 Å². The van der Waals surface area contributed by atoms with Crippen LogP contribution in [0.3, 0.4) is 0 Å². The minimum absolute atomic E-state index is 0.319. The van der Waals surface area contributed by atoms with E-state index in [-0.39, 0.29) is 0 Å². The van der Waals surface area contributed by atoms with Gasteiger partial charge in [0.25, 0.3) is 0 Å². The average Bonchev–Trinajstić information content (AvgIpc) is 3.16. The number of aromatic nitrogens is 2. The summed E-state index contributed by atoms with van der Waals surface area (Å²) in [6.07, 6.45) is -0.282. The van der Waals surface area contributed by atoms with Crippen molar-refractivity contribution in [1.82, 2.24) is 10.2 Å². The number of nitrogens with zero attached hydrogens (tertiary/aromatic N) is 4. The van der Waals surface area contributed by atoms with Gasteiger partial charge in [-0.15, -0.1) is 10.2 Å². The van der Waals surface area contributed by atoms with Gasteiger partial charge in [0.15, 0.2) is 5.69 Å². The van der Waals surface area contributed by atoms with E-state index in [1.54, 1.807) is 49.4 Å². The van der Waals surface area contributed by atoms with Gasteiger partial charge in [-0.1, -0.05) is 54.1 Å². The summed E-state index contributed by atoms with van der Waals surface area (Å²) in [6.45, 7) is 15.7. The molecule has 3 rings (SSSR count). The van der Waals surface area contributed by atoms with E-state index in [1.807, 2.05) is 0 Å². The molecule has 0 saturated heterocycles. The molecule has 1 heterocycles. The van der Waals surface area contributed by atoms with Crippen LogP contribution < -0.4 is 0 Å². The molecule has 0 unspecified atom stereocenters. The molecule has 0 spiro atoms. The molecule has 7 heteroatoms. The Balaban J connectivity index is 1.85. The van der Waals surface area contributed by atoms with Crippen LogP contribution in [0, 0.1) is 13.1 Å². The molecule has 0 fully saturated rings. The molecule has 0 amide bonds. The highest BCUT2D eigenvalue weighted by molar-refractivity contribution is 6.33. The SMILES string of the molecule is [C-]#[N+]c1ccc(-c2nnc([C@H](Cc3ccc([N+]#[C-])c(Cl)c3)[C@H](C)O)o2)cc1. The fourth-order valence-electron chi connectivity index (χ4n) is 2.67. The van der Waals surface area contributed by atoms with Gasteiger partial charge in [0.1, 0.15) is 0 Å².